The SMILES string of the molecule is CCCCOC(=O)C(C)N1CCC(N2CCN(C)CC2)CC1. The Labute approximate surface area is 135 Å². The van der Waals surface area contributed by atoms with E-state index in [1.54, 1.807) is 0 Å². The Morgan fingerprint density at radius 2 is 1.77 bits per heavy atom. The standard InChI is InChI=1S/C17H33N3O2/c1-4-5-14-22-17(21)15(2)19-8-6-16(7-9-19)20-12-10-18(3)11-13-20/h15-16H,4-14H2,1-3H3. The van der Waals surface area contributed by atoms with Crippen molar-refractivity contribution in [2.45, 2.75) is 51.6 Å². The van der Waals surface area contributed by atoms with Crippen molar-refractivity contribution in [2.24, 2.45) is 0 Å². The van der Waals surface area contributed by atoms with Crippen LogP contribution < -0.4 is 0 Å². The molecule has 2 aliphatic heterocycles. The summed E-state index contributed by atoms with van der Waals surface area (Å²) in [6.07, 6.45) is 4.38. The van der Waals surface area contributed by atoms with Gasteiger partial charge in [0.2, 0.25) is 0 Å². The predicted molar refractivity (Wildman–Crippen MR) is 89.0 cm³/mol. The second kappa shape index (κ2) is 8.85. The van der Waals surface area contributed by atoms with Crippen molar-refractivity contribution in [3.05, 3.63) is 0 Å². The molecule has 0 radical (unpaired) electrons. The lowest BCUT2D eigenvalue weighted by molar-refractivity contribution is -0.150. The monoisotopic (exact) mass is 311 g/mol. The summed E-state index contributed by atoms with van der Waals surface area (Å²) in [5.41, 5.74) is 0. The Balaban J connectivity index is 1.70. The largest absolute Gasteiger partial charge is 0.465 e. The molecule has 1 atom stereocenters. The van der Waals surface area contributed by atoms with E-state index in [4.69, 9.17) is 4.74 Å². The van der Waals surface area contributed by atoms with E-state index in [-0.39, 0.29) is 12.0 Å². The van der Waals surface area contributed by atoms with Gasteiger partial charge in [0.15, 0.2) is 0 Å². The summed E-state index contributed by atoms with van der Waals surface area (Å²) in [7, 11) is 2.20. The minimum Gasteiger partial charge on any atom is -0.465 e. The number of esters is 1. The van der Waals surface area contributed by atoms with E-state index < -0.39 is 0 Å². The number of nitrogens with zero attached hydrogens (tertiary/aromatic N) is 3. The molecule has 0 aromatic carbocycles. The van der Waals surface area contributed by atoms with Gasteiger partial charge in [-0.2, -0.15) is 0 Å². The summed E-state index contributed by atoms with van der Waals surface area (Å²) >= 11 is 0. The van der Waals surface area contributed by atoms with E-state index in [1.165, 1.54) is 39.0 Å². The lowest BCUT2D eigenvalue weighted by atomic mass is 10.0. The third kappa shape index (κ3) is 4.93. The maximum atomic E-state index is 12.1. The molecule has 5 nitrogen and oxygen atoms in total. The number of carbonyl (C=O) groups is 1. The normalized spacial score (nSPS) is 24.3. The number of carbonyl (C=O) groups excluding carboxylic acids is 1. The molecule has 0 spiro atoms. The second-order valence-electron chi connectivity index (χ2n) is 6.80. The summed E-state index contributed by atoms with van der Waals surface area (Å²) < 4.78 is 5.36. The van der Waals surface area contributed by atoms with Crippen LogP contribution in [0.4, 0.5) is 0 Å². The molecule has 128 valence electrons. The first kappa shape index (κ1) is 17.7. The smallest absolute Gasteiger partial charge is 0.323 e. The Hall–Kier alpha value is -0.650. The van der Waals surface area contributed by atoms with Gasteiger partial charge in [-0.05, 0) is 33.2 Å². The maximum absolute atomic E-state index is 12.1. The van der Waals surface area contributed by atoms with Crippen LogP contribution in [-0.4, -0.2) is 85.7 Å². The Bertz CT molecular complexity index is 335. The van der Waals surface area contributed by atoms with Crippen LogP contribution in [0.2, 0.25) is 0 Å². The topological polar surface area (TPSA) is 36.0 Å². The molecule has 0 N–H and O–H groups in total. The van der Waals surface area contributed by atoms with Crippen LogP contribution in [0.1, 0.15) is 39.5 Å². The summed E-state index contributed by atoms with van der Waals surface area (Å²) in [6, 6.07) is 0.610. The molecule has 5 heteroatoms. The molecule has 2 saturated heterocycles. The zero-order valence-electron chi connectivity index (χ0n) is 14.6. The van der Waals surface area contributed by atoms with E-state index >= 15 is 0 Å². The van der Waals surface area contributed by atoms with E-state index in [1.807, 2.05) is 6.92 Å². The molecule has 0 amide bonds. The van der Waals surface area contributed by atoms with Crippen molar-refractivity contribution in [2.75, 3.05) is 52.9 Å². The van der Waals surface area contributed by atoms with Crippen LogP contribution in [0.5, 0.6) is 0 Å². The van der Waals surface area contributed by atoms with Gasteiger partial charge in [-0.1, -0.05) is 13.3 Å². The number of piperidine rings is 1. The number of hydrogen-bond acceptors (Lipinski definition) is 5. The van der Waals surface area contributed by atoms with Gasteiger partial charge in [-0.15, -0.1) is 0 Å². The Morgan fingerprint density at radius 1 is 1.14 bits per heavy atom. The fraction of sp³-hybridized carbons (Fsp3) is 0.941. The van der Waals surface area contributed by atoms with Gasteiger partial charge >= 0.3 is 5.97 Å². The molecule has 0 bridgehead atoms. The molecule has 0 aromatic heterocycles. The average Bonchev–Trinajstić information content (AvgIpc) is 2.55. The highest BCUT2D eigenvalue weighted by Crippen LogP contribution is 2.20. The third-order valence-electron chi connectivity index (χ3n) is 5.18. The Morgan fingerprint density at radius 3 is 2.36 bits per heavy atom. The van der Waals surface area contributed by atoms with Crippen molar-refractivity contribution < 1.29 is 9.53 Å². The second-order valence-corrected chi connectivity index (χ2v) is 6.80. The molecule has 2 fully saturated rings. The third-order valence-corrected chi connectivity index (χ3v) is 5.18. The van der Waals surface area contributed by atoms with Gasteiger partial charge in [-0.25, -0.2) is 0 Å². The van der Waals surface area contributed by atoms with Crippen LogP contribution in [0, 0.1) is 0 Å². The molecule has 0 saturated carbocycles. The Kier molecular flexibility index (Phi) is 7.12. The zero-order chi connectivity index (χ0) is 15.9. The average molecular weight is 311 g/mol. The van der Waals surface area contributed by atoms with Crippen LogP contribution >= 0.6 is 0 Å². The summed E-state index contributed by atoms with van der Waals surface area (Å²) in [5, 5.41) is 0. The van der Waals surface area contributed by atoms with E-state index in [2.05, 4.69) is 28.7 Å². The summed E-state index contributed by atoms with van der Waals surface area (Å²) in [6.45, 7) is 11.4. The lowest BCUT2D eigenvalue weighted by Crippen LogP contribution is -2.54. The molecule has 2 rings (SSSR count). The lowest BCUT2D eigenvalue weighted by Gasteiger charge is -2.43. The molecular weight excluding hydrogens is 278 g/mol. The van der Waals surface area contributed by atoms with Crippen molar-refractivity contribution in [1.29, 1.82) is 0 Å². The highest BCUT2D eigenvalue weighted by molar-refractivity contribution is 5.75. The molecule has 1 unspecified atom stereocenters. The molecular formula is C17H33N3O2. The molecule has 0 aromatic rings. The van der Waals surface area contributed by atoms with Crippen molar-refractivity contribution in [3.8, 4) is 0 Å². The summed E-state index contributed by atoms with van der Waals surface area (Å²) in [4.78, 5) is 19.4. The van der Waals surface area contributed by atoms with Gasteiger partial charge in [0.05, 0.1) is 6.61 Å². The number of unbranched alkanes of at least 4 members (excludes halogenated alkanes) is 1. The molecule has 22 heavy (non-hydrogen) atoms. The van der Waals surface area contributed by atoms with Gasteiger partial charge in [-0.3, -0.25) is 14.6 Å². The first-order chi connectivity index (χ1) is 10.6. The van der Waals surface area contributed by atoms with Gasteiger partial charge < -0.3 is 9.64 Å². The van der Waals surface area contributed by atoms with Crippen LogP contribution in [0.25, 0.3) is 0 Å². The van der Waals surface area contributed by atoms with Gasteiger partial charge in [0.1, 0.15) is 6.04 Å². The fourth-order valence-electron chi connectivity index (χ4n) is 3.41. The molecule has 0 aliphatic carbocycles. The van der Waals surface area contributed by atoms with Crippen molar-refractivity contribution >= 4 is 5.97 Å². The first-order valence-electron chi connectivity index (χ1n) is 8.95. The number of likely N-dealkylation sites (N-methyl/N-ethyl adjacent to an activating group) is 1. The fourth-order valence-corrected chi connectivity index (χ4v) is 3.41. The van der Waals surface area contributed by atoms with Crippen LogP contribution in [0.15, 0.2) is 0 Å². The number of hydrogen-bond donors (Lipinski definition) is 0. The number of piperazine rings is 1. The summed E-state index contributed by atoms with van der Waals surface area (Å²) in [5.74, 6) is -0.0495. The van der Waals surface area contributed by atoms with Crippen molar-refractivity contribution in [3.63, 3.8) is 0 Å². The van der Waals surface area contributed by atoms with E-state index in [0.717, 1.165) is 25.9 Å². The van der Waals surface area contributed by atoms with E-state index in [0.29, 0.717) is 12.6 Å². The zero-order valence-corrected chi connectivity index (χ0v) is 14.6. The highest BCUT2D eigenvalue weighted by Gasteiger charge is 2.30. The van der Waals surface area contributed by atoms with E-state index in [9.17, 15) is 4.79 Å². The van der Waals surface area contributed by atoms with Crippen molar-refractivity contribution in [1.82, 2.24) is 14.7 Å². The minimum absolute atomic E-state index is 0.0495. The number of likely N-dealkylation sites (tertiary alicyclic amines) is 1. The highest BCUT2D eigenvalue weighted by atomic mass is 16.5. The van der Waals surface area contributed by atoms with Crippen LogP contribution in [-0.2, 0) is 9.53 Å². The van der Waals surface area contributed by atoms with Crippen LogP contribution in [0.3, 0.4) is 0 Å². The first-order valence-corrected chi connectivity index (χ1v) is 8.95. The molecule has 2 heterocycles. The predicted octanol–water partition coefficient (Wildman–Crippen LogP) is 1.43. The maximum Gasteiger partial charge on any atom is 0.323 e. The minimum atomic E-state index is -0.0923. The quantitative estimate of drug-likeness (QED) is 0.548. The molecule has 2 aliphatic rings. The van der Waals surface area contributed by atoms with Gasteiger partial charge in [0.25, 0.3) is 0 Å². The number of ether oxygens (including phenoxy) is 1. The number of rotatable bonds is 6. The van der Waals surface area contributed by atoms with Gasteiger partial charge in [0, 0.05) is 45.3 Å².